The van der Waals surface area contributed by atoms with Gasteiger partial charge in [-0.15, -0.1) is 0 Å². The normalized spacial score (nSPS) is 11.9. The molecule has 1 heterocycles. The zero-order valence-corrected chi connectivity index (χ0v) is 10.1. The Morgan fingerprint density at radius 3 is 2.65 bits per heavy atom. The number of carbonyl (C=O) groups is 2. The van der Waals surface area contributed by atoms with Gasteiger partial charge in [-0.25, -0.2) is 4.79 Å². The maximum atomic E-state index is 11.6. The Balaban J connectivity index is 2.50. The van der Waals surface area contributed by atoms with E-state index in [0.29, 0.717) is 12.3 Å². The quantitative estimate of drug-likeness (QED) is 0.828. The number of carbonyl (C=O) groups excluding carboxylic acids is 1. The number of nitrogens with one attached hydrogen (secondary N) is 1. The van der Waals surface area contributed by atoms with Crippen molar-refractivity contribution in [3.63, 3.8) is 0 Å². The molecule has 1 aromatic rings. The Hall–Kier alpha value is -1.98. The number of furan rings is 1. The molecule has 6 nitrogen and oxygen atoms in total. The molecule has 1 rings (SSSR count). The highest BCUT2D eigenvalue weighted by Gasteiger charge is 2.17. The van der Waals surface area contributed by atoms with Gasteiger partial charge in [0, 0.05) is 7.05 Å². The lowest BCUT2D eigenvalue weighted by atomic mass is 10.3. The van der Waals surface area contributed by atoms with Gasteiger partial charge in [0.25, 0.3) is 0 Å². The monoisotopic (exact) mass is 240 g/mol. The van der Waals surface area contributed by atoms with Gasteiger partial charge in [-0.2, -0.15) is 0 Å². The maximum absolute atomic E-state index is 11.6. The molecule has 0 aliphatic heterocycles. The predicted molar refractivity (Wildman–Crippen MR) is 60.5 cm³/mol. The van der Waals surface area contributed by atoms with Gasteiger partial charge in [0.1, 0.15) is 17.6 Å². The minimum absolute atomic E-state index is 0.298. The van der Waals surface area contributed by atoms with Crippen LogP contribution in [0.5, 0.6) is 0 Å². The highest BCUT2D eigenvalue weighted by molar-refractivity contribution is 5.82. The van der Waals surface area contributed by atoms with Crippen molar-refractivity contribution in [1.82, 2.24) is 10.2 Å². The van der Waals surface area contributed by atoms with E-state index in [-0.39, 0.29) is 0 Å². The van der Waals surface area contributed by atoms with Crippen LogP contribution in [0.3, 0.4) is 0 Å². The molecule has 6 heteroatoms. The van der Waals surface area contributed by atoms with E-state index in [4.69, 9.17) is 9.52 Å². The Bertz CT molecular complexity index is 413. The SMILES string of the molecule is Cc1ccc(CN(C)C(=O)NC(C)C(=O)O)o1. The Morgan fingerprint density at radius 2 is 2.18 bits per heavy atom. The second kappa shape index (κ2) is 5.38. The summed E-state index contributed by atoms with van der Waals surface area (Å²) < 4.78 is 5.32. The zero-order valence-electron chi connectivity index (χ0n) is 10.1. The summed E-state index contributed by atoms with van der Waals surface area (Å²) >= 11 is 0. The fraction of sp³-hybridized carbons (Fsp3) is 0.455. The van der Waals surface area contributed by atoms with E-state index in [2.05, 4.69) is 5.32 Å². The lowest BCUT2D eigenvalue weighted by Crippen LogP contribution is -2.44. The molecule has 0 aliphatic rings. The van der Waals surface area contributed by atoms with Gasteiger partial charge >= 0.3 is 12.0 Å². The number of aryl methyl sites for hydroxylation is 1. The average Bonchev–Trinajstić information content (AvgIpc) is 2.63. The van der Waals surface area contributed by atoms with Crippen LogP contribution in [0.25, 0.3) is 0 Å². The van der Waals surface area contributed by atoms with Crippen LogP contribution in [0.4, 0.5) is 4.79 Å². The predicted octanol–water partition coefficient (Wildman–Crippen LogP) is 1.20. The van der Waals surface area contributed by atoms with E-state index >= 15 is 0 Å². The zero-order chi connectivity index (χ0) is 13.0. The number of amides is 2. The van der Waals surface area contributed by atoms with Gasteiger partial charge in [-0.1, -0.05) is 0 Å². The summed E-state index contributed by atoms with van der Waals surface area (Å²) in [6.45, 7) is 3.52. The van der Waals surface area contributed by atoms with E-state index in [9.17, 15) is 9.59 Å². The molecule has 2 amide bonds. The largest absolute Gasteiger partial charge is 0.480 e. The molecule has 0 aromatic carbocycles. The van der Waals surface area contributed by atoms with E-state index in [1.807, 2.05) is 6.92 Å². The number of carboxylic acids is 1. The second-order valence-electron chi connectivity index (χ2n) is 3.88. The molecule has 0 radical (unpaired) electrons. The van der Waals surface area contributed by atoms with Crippen molar-refractivity contribution >= 4 is 12.0 Å². The van der Waals surface area contributed by atoms with Crippen LogP contribution in [0, 0.1) is 6.92 Å². The summed E-state index contributed by atoms with van der Waals surface area (Å²) in [6.07, 6.45) is 0. The van der Waals surface area contributed by atoms with Gasteiger partial charge in [-0.05, 0) is 26.0 Å². The first-order valence-electron chi connectivity index (χ1n) is 5.20. The average molecular weight is 240 g/mol. The van der Waals surface area contributed by atoms with Crippen molar-refractivity contribution in [3.8, 4) is 0 Å². The Kier molecular flexibility index (Phi) is 4.14. The van der Waals surface area contributed by atoms with Crippen molar-refractivity contribution in [2.24, 2.45) is 0 Å². The van der Waals surface area contributed by atoms with Crippen LogP contribution < -0.4 is 5.32 Å². The van der Waals surface area contributed by atoms with Crippen molar-refractivity contribution in [1.29, 1.82) is 0 Å². The van der Waals surface area contributed by atoms with E-state index in [1.54, 1.807) is 19.2 Å². The fourth-order valence-electron chi connectivity index (χ4n) is 1.23. The number of nitrogens with zero attached hydrogens (tertiary/aromatic N) is 1. The smallest absolute Gasteiger partial charge is 0.325 e. The second-order valence-corrected chi connectivity index (χ2v) is 3.88. The summed E-state index contributed by atoms with van der Waals surface area (Å²) in [7, 11) is 1.57. The third kappa shape index (κ3) is 3.82. The minimum atomic E-state index is -1.07. The topological polar surface area (TPSA) is 82.8 Å². The van der Waals surface area contributed by atoms with Crippen molar-refractivity contribution in [2.75, 3.05) is 7.05 Å². The third-order valence-electron chi connectivity index (χ3n) is 2.25. The summed E-state index contributed by atoms with van der Waals surface area (Å²) in [5.74, 6) is 0.358. The summed E-state index contributed by atoms with van der Waals surface area (Å²) in [5.41, 5.74) is 0. The molecule has 1 aromatic heterocycles. The fourth-order valence-corrected chi connectivity index (χ4v) is 1.23. The molecular weight excluding hydrogens is 224 g/mol. The van der Waals surface area contributed by atoms with E-state index in [0.717, 1.165) is 5.76 Å². The van der Waals surface area contributed by atoms with Gasteiger partial charge < -0.3 is 19.7 Å². The number of hydrogen-bond acceptors (Lipinski definition) is 3. The summed E-state index contributed by atoms with van der Waals surface area (Å²) in [5, 5.41) is 11.0. The highest BCUT2D eigenvalue weighted by atomic mass is 16.4. The number of aliphatic carboxylic acids is 1. The summed E-state index contributed by atoms with van der Waals surface area (Å²) in [6, 6.07) is 2.22. The molecule has 17 heavy (non-hydrogen) atoms. The van der Waals surface area contributed by atoms with Crippen LogP contribution in [0.1, 0.15) is 18.4 Å². The van der Waals surface area contributed by atoms with E-state index in [1.165, 1.54) is 11.8 Å². The molecule has 1 atom stereocenters. The molecule has 0 saturated carbocycles. The highest BCUT2D eigenvalue weighted by Crippen LogP contribution is 2.08. The molecule has 1 unspecified atom stereocenters. The lowest BCUT2D eigenvalue weighted by Gasteiger charge is -2.18. The number of carboxylic acid groups (broad SMARTS) is 1. The Morgan fingerprint density at radius 1 is 1.53 bits per heavy atom. The van der Waals surface area contributed by atoms with Crippen LogP contribution in [0.15, 0.2) is 16.5 Å². The van der Waals surface area contributed by atoms with Gasteiger partial charge in [0.2, 0.25) is 0 Å². The van der Waals surface area contributed by atoms with Crippen molar-refractivity contribution in [3.05, 3.63) is 23.7 Å². The number of urea groups is 1. The van der Waals surface area contributed by atoms with Crippen LogP contribution >= 0.6 is 0 Å². The molecule has 2 N–H and O–H groups in total. The maximum Gasteiger partial charge on any atom is 0.325 e. The molecule has 94 valence electrons. The summed E-state index contributed by atoms with van der Waals surface area (Å²) in [4.78, 5) is 23.5. The molecule has 0 bridgehead atoms. The van der Waals surface area contributed by atoms with Gasteiger partial charge in [0.05, 0.1) is 6.54 Å². The molecule has 0 fully saturated rings. The Labute approximate surface area is 99.2 Å². The first kappa shape index (κ1) is 13.1. The molecule has 0 aliphatic carbocycles. The van der Waals surface area contributed by atoms with Crippen molar-refractivity contribution in [2.45, 2.75) is 26.4 Å². The van der Waals surface area contributed by atoms with E-state index < -0.39 is 18.0 Å². The minimum Gasteiger partial charge on any atom is -0.480 e. The van der Waals surface area contributed by atoms with Crippen LogP contribution in [-0.4, -0.2) is 35.1 Å². The van der Waals surface area contributed by atoms with Crippen molar-refractivity contribution < 1.29 is 19.1 Å². The lowest BCUT2D eigenvalue weighted by molar-refractivity contribution is -0.138. The molecule has 0 saturated heterocycles. The molecule has 0 spiro atoms. The van der Waals surface area contributed by atoms with Gasteiger partial charge in [-0.3, -0.25) is 4.79 Å². The number of hydrogen-bond donors (Lipinski definition) is 2. The molecular formula is C11H16N2O4. The standard InChI is InChI=1S/C11H16N2O4/c1-7-4-5-9(17-7)6-13(3)11(16)12-8(2)10(14)15/h4-5,8H,6H2,1-3H3,(H,12,16)(H,14,15). The number of rotatable bonds is 4. The van der Waals surface area contributed by atoms with Gasteiger partial charge in [0.15, 0.2) is 0 Å². The third-order valence-corrected chi connectivity index (χ3v) is 2.25. The first-order chi connectivity index (χ1) is 7.90. The first-order valence-corrected chi connectivity index (χ1v) is 5.20. The van der Waals surface area contributed by atoms with Crippen LogP contribution in [0.2, 0.25) is 0 Å². The van der Waals surface area contributed by atoms with Crippen LogP contribution in [-0.2, 0) is 11.3 Å².